The Morgan fingerprint density at radius 3 is 2.41 bits per heavy atom. The second-order valence-electron chi connectivity index (χ2n) is 8.62. The SMILES string of the molecule is Cc1ccc(NS(=O)(=O)c2cc(C(=O)Nc3ccc4c5c(cccc35)CC4)ccc2Cl)cc1C. The summed E-state index contributed by atoms with van der Waals surface area (Å²) in [6.45, 7) is 3.86. The molecule has 4 aromatic carbocycles. The van der Waals surface area contributed by atoms with Crippen molar-refractivity contribution in [2.75, 3.05) is 10.0 Å². The first-order valence-electron chi connectivity index (χ1n) is 11.0. The molecule has 5 nitrogen and oxygen atoms in total. The van der Waals surface area contributed by atoms with Crippen LogP contribution in [0.1, 0.15) is 32.6 Å². The second kappa shape index (κ2) is 8.46. The quantitative estimate of drug-likeness (QED) is 0.346. The monoisotopic (exact) mass is 490 g/mol. The van der Waals surface area contributed by atoms with E-state index in [1.165, 1.54) is 34.7 Å². The van der Waals surface area contributed by atoms with Crippen LogP contribution in [0.4, 0.5) is 11.4 Å². The van der Waals surface area contributed by atoms with Crippen LogP contribution in [0.5, 0.6) is 0 Å². The zero-order valence-corrected chi connectivity index (χ0v) is 20.3. The van der Waals surface area contributed by atoms with Crippen LogP contribution in [0.15, 0.2) is 71.6 Å². The summed E-state index contributed by atoms with van der Waals surface area (Å²) in [7, 11) is -4.00. The van der Waals surface area contributed by atoms with Gasteiger partial charge in [0.1, 0.15) is 4.90 Å². The number of nitrogens with one attached hydrogen (secondary N) is 2. The molecular formula is C27H23ClN2O3S. The lowest BCUT2D eigenvalue weighted by molar-refractivity contribution is 0.102. The van der Waals surface area contributed by atoms with Gasteiger partial charge in [-0.25, -0.2) is 8.42 Å². The zero-order chi connectivity index (χ0) is 24.0. The first kappa shape index (κ1) is 22.4. The van der Waals surface area contributed by atoms with Crippen molar-refractivity contribution in [3.8, 4) is 0 Å². The van der Waals surface area contributed by atoms with Gasteiger partial charge in [-0.2, -0.15) is 0 Å². The van der Waals surface area contributed by atoms with E-state index in [4.69, 9.17) is 11.6 Å². The fourth-order valence-electron chi connectivity index (χ4n) is 4.42. The maximum atomic E-state index is 13.1. The molecule has 0 saturated carbocycles. The van der Waals surface area contributed by atoms with E-state index in [0.29, 0.717) is 11.4 Å². The third-order valence-corrected chi connectivity index (χ3v) is 8.23. The topological polar surface area (TPSA) is 75.3 Å². The molecule has 34 heavy (non-hydrogen) atoms. The van der Waals surface area contributed by atoms with Crippen molar-refractivity contribution in [3.63, 3.8) is 0 Å². The normalized spacial score (nSPS) is 12.7. The van der Waals surface area contributed by atoms with Gasteiger partial charge in [-0.05, 0) is 90.7 Å². The summed E-state index contributed by atoms with van der Waals surface area (Å²) < 4.78 is 28.7. The number of halogens is 1. The number of aryl methyl sites for hydroxylation is 4. The molecule has 1 aliphatic carbocycles. The Morgan fingerprint density at radius 2 is 1.65 bits per heavy atom. The van der Waals surface area contributed by atoms with Gasteiger partial charge in [0, 0.05) is 22.3 Å². The van der Waals surface area contributed by atoms with Crippen LogP contribution >= 0.6 is 11.6 Å². The number of rotatable bonds is 5. The molecule has 4 aromatic rings. The van der Waals surface area contributed by atoms with Crippen molar-refractivity contribution in [2.45, 2.75) is 31.6 Å². The molecule has 1 amide bonds. The predicted molar refractivity (Wildman–Crippen MR) is 137 cm³/mol. The summed E-state index contributed by atoms with van der Waals surface area (Å²) in [4.78, 5) is 13.0. The maximum Gasteiger partial charge on any atom is 0.263 e. The largest absolute Gasteiger partial charge is 0.321 e. The highest BCUT2D eigenvalue weighted by molar-refractivity contribution is 7.92. The minimum Gasteiger partial charge on any atom is -0.321 e. The van der Waals surface area contributed by atoms with E-state index >= 15 is 0 Å². The van der Waals surface area contributed by atoms with Crippen LogP contribution in [0.25, 0.3) is 10.8 Å². The molecule has 172 valence electrons. The molecule has 0 bridgehead atoms. The van der Waals surface area contributed by atoms with Gasteiger partial charge >= 0.3 is 0 Å². The number of benzene rings is 4. The molecule has 7 heteroatoms. The first-order chi connectivity index (χ1) is 16.2. The number of hydrogen-bond donors (Lipinski definition) is 2. The van der Waals surface area contributed by atoms with E-state index in [-0.39, 0.29) is 15.5 Å². The third-order valence-electron chi connectivity index (χ3n) is 6.37. The summed E-state index contributed by atoms with van der Waals surface area (Å²) in [6.07, 6.45) is 1.99. The lowest BCUT2D eigenvalue weighted by Gasteiger charge is -2.13. The molecule has 2 N–H and O–H groups in total. The Hall–Kier alpha value is -3.35. The third kappa shape index (κ3) is 4.04. The Labute approximate surface area is 203 Å². The molecule has 0 aliphatic heterocycles. The Balaban J connectivity index is 1.45. The average molecular weight is 491 g/mol. The summed E-state index contributed by atoms with van der Waals surface area (Å²) in [5.74, 6) is -0.405. The summed E-state index contributed by atoms with van der Waals surface area (Å²) in [6, 6.07) is 19.6. The van der Waals surface area contributed by atoms with Crippen molar-refractivity contribution < 1.29 is 13.2 Å². The van der Waals surface area contributed by atoms with Crippen LogP contribution in [-0.4, -0.2) is 14.3 Å². The second-order valence-corrected chi connectivity index (χ2v) is 10.7. The highest BCUT2D eigenvalue weighted by Gasteiger charge is 2.22. The van der Waals surface area contributed by atoms with Gasteiger partial charge in [0.05, 0.1) is 5.02 Å². The number of sulfonamides is 1. The van der Waals surface area contributed by atoms with Crippen molar-refractivity contribution in [1.29, 1.82) is 0 Å². The molecular weight excluding hydrogens is 468 g/mol. The van der Waals surface area contributed by atoms with Gasteiger partial charge in [-0.15, -0.1) is 0 Å². The fourth-order valence-corrected chi connectivity index (χ4v) is 5.99. The highest BCUT2D eigenvalue weighted by atomic mass is 35.5. The smallest absolute Gasteiger partial charge is 0.263 e. The van der Waals surface area contributed by atoms with Gasteiger partial charge in [0.2, 0.25) is 0 Å². The van der Waals surface area contributed by atoms with Crippen LogP contribution < -0.4 is 10.0 Å². The molecule has 0 aromatic heterocycles. The highest BCUT2D eigenvalue weighted by Crippen LogP contribution is 2.35. The number of amides is 1. The number of carbonyl (C=O) groups is 1. The minimum absolute atomic E-state index is 0.0400. The summed E-state index contributed by atoms with van der Waals surface area (Å²) in [5, 5.41) is 5.16. The lowest BCUT2D eigenvalue weighted by atomic mass is 10.0. The van der Waals surface area contributed by atoms with Gasteiger partial charge in [0.25, 0.3) is 15.9 Å². The zero-order valence-electron chi connectivity index (χ0n) is 18.8. The molecule has 0 atom stereocenters. The molecule has 5 rings (SSSR count). The molecule has 0 radical (unpaired) electrons. The standard InChI is InChI=1S/C27H23ClN2O3S/c1-16-6-11-21(14-17(16)2)30-34(32,33)25-15-20(9-12-23(25)28)27(31)29-24-13-10-19-8-7-18-4-3-5-22(24)26(18)19/h3-6,9-15,30H,7-8H2,1-2H3,(H,29,31). The van der Waals surface area contributed by atoms with Crippen molar-refractivity contribution in [3.05, 3.63) is 99.6 Å². The van der Waals surface area contributed by atoms with Gasteiger partial charge in [-0.3, -0.25) is 9.52 Å². The summed E-state index contributed by atoms with van der Waals surface area (Å²) >= 11 is 6.24. The van der Waals surface area contributed by atoms with Crippen molar-refractivity contribution in [1.82, 2.24) is 0 Å². The van der Waals surface area contributed by atoms with E-state index < -0.39 is 15.9 Å². The Bertz CT molecular complexity index is 1570. The van der Waals surface area contributed by atoms with Crippen molar-refractivity contribution in [2.24, 2.45) is 0 Å². The first-order valence-corrected chi connectivity index (χ1v) is 12.8. The van der Waals surface area contributed by atoms with E-state index in [1.807, 2.05) is 44.2 Å². The van der Waals surface area contributed by atoms with E-state index in [2.05, 4.69) is 16.1 Å². The predicted octanol–water partition coefficient (Wildman–Crippen LogP) is 6.26. The minimum atomic E-state index is -4.00. The van der Waals surface area contributed by atoms with Crippen LogP contribution in [0.3, 0.4) is 0 Å². The molecule has 0 unspecified atom stereocenters. The lowest BCUT2D eigenvalue weighted by Crippen LogP contribution is -2.16. The van der Waals surface area contributed by atoms with E-state index in [9.17, 15) is 13.2 Å². The van der Waals surface area contributed by atoms with E-state index in [1.54, 1.807) is 12.1 Å². The van der Waals surface area contributed by atoms with Crippen LogP contribution in [0, 0.1) is 13.8 Å². The summed E-state index contributed by atoms with van der Waals surface area (Å²) in [5.41, 5.74) is 5.91. The number of carbonyl (C=O) groups excluding carboxylic acids is 1. The van der Waals surface area contributed by atoms with Gasteiger partial charge < -0.3 is 5.32 Å². The fraction of sp³-hybridized carbons (Fsp3) is 0.148. The maximum absolute atomic E-state index is 13.1. The van der Waals surface area contributed by atoms with Crippen LogP contribution in [-0.2, 0) is 22.9 Å². The molecule has 1 aliphatic rings. The average Bonchev–Trinajstić information content (AvgIpc) is 3.23. The molecule has 0 fully saturated rings. The van der Waals surface area contributed by atoms with Crippen molar-refractivity contribution >= 4 is 49.7 Å². The molecule has 0 saturated heterocycles. The number of anilines is 2. The van der Waals surface area contributed by atoms with Crippen LogP contribution in [0.2, 0.25) is 5.02 Å². The Kier molecular flexibility index (Phi) is 5.58. The molecule has 0 heterocycles. The Morgan fingerprint density at radius 1 is 0.882 bits per heavy atom. The van der Waals surface area contributed by atoms with E-state index in [0.717, 1.165) is 29.4 Å². The number of hydrogen-bond acceptors (Lipinski definition) is 3. The van der Waals surface area contributed by atoms with Gasteiger partial charge in [0.15, 0.2) is 0 Å². The van der Waals surface area contributed by atoms with Gasteiger partial charge in [-0.1, -0.05) is 41.9 Å². The molecule has 0 spiro atoms.